The Morgan fingerprint density at radius 2 is 1.61 bits per heavy atom. The highest BCUT2D eigenvalue weighted by atomic mass is 16.6. The molecule has 168 valence electrons. The van der Waals surface area contributed by atoms with Crippen LogP contribution in [0.15, 0.2) is 90.1 Å². The highest BCUT2D eigenvalue weighted by Gasteiger charge is 2.17. The first-order valence-electron chi connectivity index (χ1n) is 10.8. The van der Waals surface area contributed by atoms with E-state index in [1.807, 2.05) is 67.6 Å². The minimum Gasteiger partial charge on any atom is -0.497 e. The highest BCUT2D eigenvalue weighted by Crippen LogP contribution is 2.31. The monoisotopic (exact) mass is 440 g/mol. The highest BCUT2D eigenvalue weighted by molar-refractivity contribution is 6.01. The second-order valence-corrected chi connectivity index (χ2v) is 7.69. The van der Waals surface area contributed by atoms with Crippen molar-refractivity contribution in [1.29, 1.82) is 0 Å². The van der Waals surface area contributed by atoms with Gasteiger partial charge in [-0.3, -0.25) is 0 Å². The van der Waals surface area contributed by atoms with E-state index in [4.69, 9.17) is 14.3 Å². The first-order chi connectivity index (χ1) is 16.1. The number of nitrogens with zero attached hydrogens (tertiary/aromatic N) is 2. The second-order valence-electron chi connectivity index (χ2n) is 7.69. The Morgan fingerprint density at radius 3 is 2.36 bits per heavy atom. The van der Waals surface area contributed by atoms with Crippen LogP contribution in [-0.2, 0) is 11.4 Å². The molecule has 0 aliphatic rings. The number of oxime groups is 1. The molecule has 0 bridgehead atoms. The molecular formula is C28H28N2O3. The van der Waals surface area contributed by atoms with Gasteiger partial charge < -0.3 is 18.9 Å². The van der Waals surface area contributed by atoms with Crippen molar-refractivity contribution in [2.75, 3.05) is 14.2 Å². The van der Waals surface area contributed by atoms with Crippen molar-refractivity contribution in [3.8, 4) is 28.4 Å². The topological polar surface area (TPSA) is 45.0 Å². The molecular weight excluding hydrogens is 412 g/mol. The summed E-state index contributed by atoms with van der Waals surface area (Å²) in [7, 11) is 3.34. The SMILES string of the molecule is COc1cccc(-n2c(-c3ccccc3)cc(C(C)=NOCc3ccccc3OC)c2C)c1. The molecule has 3 aromatic carbocycles. The van der Waals surface area contributed by atoms with Crippen molar-refractivity contribution >= 4 is 5.71 Å². The fourth-order valence-corrected chi connectivity index (χ4v) is 3.95. The zero-order valence-corrected chi connectivity index (χ0v) is 19.4. The maximum atomic E-state index is 5.71. The average Bonchev–Trinajstić information content (AvgIpc) is 3.22. The van der Waals surface area contributed by atoms with Crippen molar-refractivity contribution in [2.45, 2.75) is 20.5 Å². The van der Waals surface area contributed by atoms with Gasteiger partial charge in [-0.25, -0.2) is 0 Å². The molecule has 0 N–H and O–H groups in total. The van der Waals surface area contributed by atoms with Crippen molar-refractivity contribution < 1.29 is 14.3 Å². The van der Waals surface area contributed by atoms with Crippen LogP contribution in [0.4, 0.5) is 0 Å². The summed E-state index contributed by atoms with van der Waals surface area (Å²) in [6, 6.07) is 28.3. The smallest absolute Gasteiger partial charge is 0.145 e. The molecule has 33 heavy (non-hydrogen) atoms. The van der Waals surface area contributed by atoms with Gasteiger partial charge in [0.05, 0.1) is 25.6 Å². The summed E-state index contributed by atoms with van der Waals surface area (Å²) in [5.41, 5.74) is 7.09. The van der Waals surface area contributed by atoms with E-state index in [1.54, 1.807) is 14.2 Å². The van der Waals surface area contributed by atoms with Crippen LogP contribution in [0.5, 0.6) is 11.5 Å². The molecule has 0 saturated carbocycles. The summed E-state index contributed by atoms with van der Waals surface area (Å²) in [4.78, 5) is 5.71. The fraction of sp³-hybridized carbons (Fsp3) is 0.179. The zero-order chi connectivity index (χ0) is 23.2. The van der Waals surface area contributed by atoms with E-state index < -0.39 is 0 Å². The average molecular weight is 441 g/mol. The molecule has 0 spiro atoms. The van der Waals surface area contributed by atoms with Gasteiger partial charge in [0.15, 0.2) is 0 Å². The van der Waals surface area contributed by atoms with Crippen LogP contribution in [0, 0.1) is 6.92 Å². The predicted octanol–water partition coefficient (Wildman–Crippen LogP) is 6.41. The summed E-state index contributed by atoms with van der Waals surface area (Å²) >= 11 is 0. The molecule has 1 aromatic heterocycles. The summed E-state index contributed by atoms with van der Waals surface area (Å²) in [6.07, 6.45) is 0. The van der Waals surface area contributed by atoms with Gasteiger partial charge in [0.25, 0.3) is 0 Å². The number of hydrogen-bond donors (Lipinski definition) is 0. The third-order valence-corrected chi connectivity index (χ3v) is 5.63. The van der Waals surface area contributed by atoms with Crippen LogP contribution >= 0.6 is 0 Å². The maximum Gasteiger partial charge on any atom is 0.145 e. The lowest BCUT2D eigenvalue weighted by Gasteiger charge is -2.13. The first-order valence-corrected chi connectivity index (χ1v) is 10.8. The second kappa shape index (κ2) is 10.1. The van der Waals surface area contributed by atoms with E-state index in [1.165, 1.54) is 0 Å². The standard InChI is InChI=1S/C28H28N2O3/c1-20(29-33-19-23-13-8-9-16-28(23)32-4)26-18-27(22-11-6-5-7-12-22)30(21(26)2)24-14-10-15-25(17-24)31-3/h5-18H,19H2,1-4H3. The first kappa shape index (κ1) is 22.2. The Morgan fingerprint density at radius 1 is 0.848 bits per heavy atom. The molecule has 0 aliphatic carbocycles. The Hall–Kier alpha value is -3.99. The van der Waals surface area contributed by atoms with E-state index in [0.29, 0.717) is 6.61 Å². The van der Waals surface area contributed by atoms with Gasteiger partial charge >= 0.3 is 0 Å². The summed E-state index contributed by atoms with van der Waals surface area (Å²) in [5.74, 6) is 1.60. The molecule has 4 aromatic rings. The Balaban J connectivity index is 1.71. The molecule has 0 amide bonds. The van der Waals surface area contributed by atoms with Crippen LogP contribution < -0.4 is 9.47 Å². The van der Waals surface area contributed by atoms with Gasteiger partial charge in [-0.2, -0.15) is 0 Å². The zero-order valence-electron chi connectivity index (χ0n) is 19.4. The number of methoxy groups -OCH3 is 2. The molecule has 0 aliphatic heterocycles. The quantitative estimate of drug-likeness (QED) is 0.235. The number of hydrogen-bond acceptors (Lipinski definition) is 4. The molecule has 0 radical (unpaired) electrons. The van der Waals surface area contributed by atoms with E-state index in [2.05, 4.69) is 40.9 Å². The number of aromatic nitrogens is 1. The molecule has 5 nitrogen and oxygen atoms in total. The van der Waals surface area contributed by atoms with Crippen LogP contribution in [0.3, 0.4) is 0 Å². The van der Waals surface area contributed by atoms with Crippen LogP contribution in [0.2, 0.25) is 0 Å². The minimum absolute atomic E-state index is 0.336. The third kappa shape index (κ3) is 4.77. The summed E-state index contributed by atoms with van der Waals surface area (Å²) < 4.78 is 13.1. The van der Waals surface area contributed by atoms with Crippen molar-refractivity contribution in [1.82, 2.24) is 4.57 Å². The lowest BCUT2D eigenvalue weighted by molar-refractivity contribution is 0.128. The third-order valence-electron chi connectivity index (χ3n) is 5.63. The number of rotatable bonds is 8. The molecule has 4 rings (SSSR count). The normalized spacial score (nSPS) is 11.3. The fourth-order valence-electron chi connectivity index (χ4n) is 3.95. The lowest BCUT2D eigenvalue weighted by atomic mass is 10.1. The van der Waals surface area contributed by atoms with Crippen LogP contribution in [-0.4, -0.2) is 24.5 Å². The molecule has 5 heteroatoms. The van der Waals surface area contributed by atoms with E-state index >= 15 is 0 Å². The summed E-state index contributed by atoms with van der Waals surface area (Å²) in [6.45, 7) is 4.40. The van der Waals surface area contributed by atoms with Crippen molar-refractivity contribution in [3.05, 3.63) is 102 Å². The lowest BCUT2D eigenvalue weighted by Crippen LogP contribution is -2.03. The molecule has 0 saturated heterocycles. The Kier molecular flexibility index (Phi) is 6.79. The Bertz CT molecular complexity index is 1260. The molecule has 0 unspecified atom stereocenters. The van der Waals surface area contributed by atoms with Gasteiger partial charge in [0.2, 0.25) is 0 Å². The summed E-state index contributed by atoms with van der Waals surface area (Å²) in [5, 5.41) is 4.42. The number of benzene rings is 3. The molecule has 0 atom stereocenters. The number of ether oxygens (including phenoxy) is 2. The van der Waals surface area contributed by atoms with E-state index in [9.17, 15) is 0 Å². The van der Waals surface area contributed by atoms with Gasteiger partial charge in [0.1, 0.15) is 18.1 Å². The Labute approximate surface area is 194 Å². The van der Waals surface area contributed by atoms with Gasteiger partial charge in [-0.15, -0.1) is 0 Å². The predicted molar refractivity (Wildman–Crippen MR) is 132 cm³/mol. The molecule has 0 fully saturated rings. The van der Waals surface area contributed by atoms with Crippen molar-refractivity contribution in [3.63, 3.8) is 0 Å². The molecule has 1 heterocycles. The van der Waals surface area contributed by atoms with Gasteiger partial charge in [-0.1, -0.05) is 59.8 Å². The van der Waals surface area contributed by atoms with E-state index in [0.717, 1.165) is 51.0 Å². The maximum absolute atomic E-state index is 5.71. The van der Waals surface area contributed by atoms with Crippen LogP contribution in [0.25, 0.3) is 16.9 Å². The van der Waals surface area contributed by atoms with E-state index in [-0.39, 0.29) is 0 Å². The number of para-hydroxylation sites is 1. The van der Waals surface area contributed by atoms with Gasteiger partial charge in [-0.05, 0) is 43.7 Å². The largest absolute Gasteiger partial charge is 0.497 e. The van der Waals surface area contributed by atoms with Gasteiger partial charge in [0, 0.05) is 28.6 Å². The minimum atomic E-state index is 0.336. The van der Waals surface area contributed by atoms with Crippen molar-refractivity contribution in [2.24, 2.45) is 5.16 Å². The van der Waals surface area contributed by atoms with Crippen LogP contribution in [0.1, 0.15) is 23.7 Å².